The largest absolute Gasteiger partial charge is 0.478 e. The topological polar surface area (TPSA) is 83.0 Å². The van der Waals surface area contributed by atoms with Crippen LogP contribution >= 0.6 is 11.6 Å². The SMILES string of the molecule is O=C(O)c1cccc(-c2c[nH]ncc2=O)c1Cl. The number of benzene rings is 1. The van der Waals surface area contributed by atoms with Crippen molar-refractivity contribution in [1.29, 1.82) is 0 Å². The van der Waals surface area contributed by atoms with E-state index in [0.717, 1.165) is 6.20 Å². The molecule has 1 aromatic carbocycles. The molecule has 0 spiro atoms. The number of hydrogen-bond donors (Lipinski definition) is 2. The van der Waals surface area contributed by atoms with Crippen LogP contribution in [0, 0.1) is 0 Å². The highest BCUT2D eigenvalue weighted by molar-refractivity contribution is 6.36. The highest BCUT2D eigenvalue weighted by Crippen LogP contribution is 2.28. The van der Waals surface area contributed by atoms with Crippen LogP contribution in [0.15, 0.2) is 35.4 Å². The van der Waals surface area contributed by atoms with E-state index >= 15 is 0 Å². The number of nitrogens with one attached hydrogen (secondary N) is 1. The van der Waals surface area contributed by atoms with E-state index in [1.807, 2.05) is 0 Å². The number of carboxylic acid groups (broad SMARTS) is 1. The fourth-order valence-corrected chi connectivity index (χ4v) is 1.76. The maximum atomic E-state index is 11.6. The van der Waals surface area contributed by atoms with E-state index in [1.54, 1.807) is 6.07 Å². The fourth-order valence-electron chi connectivity index (χ4n) is 1.45. The summed E-state index contributed by atoms with van der Waals surface area (Å²) >= 11 is 5.96. The maximum absolute atomic E-state index is 11.6. The van der Waals surface area contributed by atoms with E-state index < -0.39 is 5.97 Å². The van der Waals surface area contributed by atoms with Crippen molar-refractivity contribution in [2.24, 2.45) is 0 Å². The van der Waals surface area contributed by atoms with Crippen LogP contribution in [0.1, 0.15) is 10.4 Å². The summed E-state index contributed by atoms with van der Waals surface area (Å²) in [5, 5.41) is 15.0. The first-order valence-electron chi connectivity index (χ1n) is 4.66. The van der Waals surface area contributed by atoms with Gasteiger partial charge in [-0.25, -0.2) is 4.79 Å². The van der Waals surface area contributed by atoms with Crippen LogP contribution in [0.3, 0.4) is 0 Å². The van der Waals surface area contributed by atoms with Crippen molar-refractivity contribution in [2.45, 2.75) is 0 Å². The highest BCUT2D eigenvalue weighted by atomic mass is 35.5. The first-order chi connectivity index (χ1) is 8.11. The highest BCUT2D eigenvalue weighted by Gasteiger charge is 2.14. The number of nitrogens with zero attached hydrogens (tertiary/aromatic N) is 1. The zero-order valence-corrected chi connectivity index (χ0v) is 9.23. The van der Waals surface area contributed by atoms with Crippen molar-refractivity contribution in [3.63, 3.8) is 0 Å². The molecule has 1 aromatic heterocycles. The van der Waals surface area contributed by atoms with Crippen molar-refractivity contribution in [3.8, 4) is 11.1 Å². The first kappa shape index (κ1) is 11.3. The predicted molar refractivity (Wildman–Crippen MR) is 62.3 cm³/mol. The van der Waals surface area contributed by atoms with Crippen molar-refractivity contribution in [3.05, 3.63) is 51.4 Å². The normalized spacial score (nSPS) is 10.2. The smallest absolute Gasteiger partial charge is 0.337 e. The van der Waals surface area contributed by atoms with Gasteiger partial charge in [-0.1, -0.05) is 23.7 Å². The number of H-pyrrole nitrogens is 1. The molecule has 2 aromatic rings. The minimum Gasteiger partial charge on any atom is -0.478 e. The number of aromatic nitrogens is 2. The Kier molecular flexibility index (Phi) is 2.93. The summed E-state index contributed by atoms with van der Waals surface area (Å²) in [5.41, 5.74) is 0.289. The van der Waals surface area contributed by atoms with Gasteiger partial charge < -0.3 is 5.11 Å². The summed E-state index contributed by atoms with van der Waals surface area (Å²) in [6.07, 6.45) is 2.49. The number of aromatic carboxylic acids is 1. The predicted octanol–water partition coefficient (Wildman–Crippen LogP) is 1.79. The van der Waals surface area contributed by atoms with Gasteiger partial charge in [0.15, 0.2) is 0 Å². The van der Waals surface area contributed by atoms with E-state index in [2.05, 4.69) is 10.2 Å². The van der Waals surface area contributed by atoms with Crippen LogP contribution < -0.4 is 5.43 Å². The van der Waals surface area contributed by atoms with Crippen LogP contribution in [0.4, 0.5) is 0 Å². The average molecular weight is 251 g/mol. The summed E-state index contributed by atoms with van der Waals surface area (Å²) in [6, 6.07) is 4.49. The minimum absolute atomic E-state index is 0.0386. The molecule has 86 valence electrons. The van der Waals surface area contributed by atoms with Crippen molar-refractivity contribution >= 4 is 17.6 Å². The molecule has 0 radical (unpaired) electrons. The molecule has 2 N–H and O–H groups in total. The molecule has 17 heavy (non-hydrogen) atoms. The lowest BCUT2D eigenvalue weighted by Crippen LogP contribution is -2.06. The molecule has 0 aliphatic rings. The number of aromatic amines is 1. The Hall–Kier alpha value is -2.14. The Morgan fingerprint density at radius 3 is 2.76 bits per heavy atom. The van der Waals surface area contributed by atoms with Gasteiger partial charge in [-0.2, -0.15) is 5.10 Å². The molecule has 0 amide bonds. The number of rotatable bonds is 2. The van der Waals surface area contributed by atoms with Crippen molar-refractivity contribution < 1.29 is 9.90 Å². The number of carbonyl (C=O) groups is 1. The van der Waals surface area contributed by atoms with Gasteiger partial charge in [0.2, 0.25) is 5.43 Å². The number of halogens is 1. The first-order valence-corrected chi connectivity index (χ1v) is 5.04. The molecular weight excluding hydrogens is 244 g/mol. The lowest BCUT2D eigenvalue weighted by molar-refractivity contribution is 0.0697. The third-order valence-electron chi connectivity index (χ3n) is 2.25. The molecule has 0 aliphatic heterocycles. The van der Waals surface area contributed by atoms with Crippen LogP contribution in [0.2, 0.25) is 5.02 Å². The monoisotopic (exact) mass is 250 g/mol. The minimum atomic E-state index is -1.14. The Labute approximate surface area is 101 Å². The molecule has 2 rings (SSSR count). The second kappa shape index (κ2) is 4.39. The Bertz CT molecular complexity index is 637. The zero-order valence-electron chi connectivity index (χ0n) is 8.48. The van der Waals surface area contributed by atoms with Gasteiger partial charge in [0.05, 0.1) is 16.8 Å². The molecule has 0 unspecified atom stereocenters. The van der Waals surface area contributed by atoms with E-state index in [0.29, 0.717) is 5.56 Å². The summed E-state index contributed by atoms with van der Waals surface area (Å²) in [4.78, 5) is 22.5. The summed E-state index contributed by atoms with van der Waals surface area (Å²) in [5.74, 6) is -1.14. The molecule has 0 aliphatic carbocycles. The Morgan fingerprint density at radius 2 is 2.12 bits per heavy atom. The van der Waals surface area contributed by atoms with Crippen LogP contribution in [0.5, 0.6) is 0 Å². The molecular formula is C11H7ClN2O3. The van der Waals surface area contributed by atoms with Gasteiger partial charge in [-0.15, -0.1) is 0 Å². The number of carboxylic acids is 1. The lowest BCUT2D eigenvalue weighted by atomic mass is 10.0. The third kappa shape index (κ3) is 2.05. The van der Waals surface area contributed by atoms with Gasteiger partial charge in [0, 0.05) is 17.3 Å². The van der Waals surface area contributed by atoms with Gasteiger partial charge in [0.1, 0.15) is 0 Å². The van der Waals surface area contributed by atoms with E-state index in [4.69, 9.17) is 16.7 Å². The molecule has 0 saturated heterocycles. The van der Waals surface area contributed by atoms with E-state index in [1.165, 1.54) is 18.3 Å². The molecule has 1 heterocycles. The Balaban J connectivity index is 2.70. The number of hydrogen-bond acceptors (Lipinski definition) is 3. The van der Waals surface area contributed by atoms with Gasteiger partial charge >= 0.3 is 5.97 Å². The fraction of sp³-hybridized carbons (Fsp3) is 0. The quantitative estimate of drug-likeness (QED) is 0.851. The lowest BCUT2D eigenvalue weighted by Gasteiger charge is -2.05. The molecule has 6 heteroatoms. The second-order valence-electron chi connectivity index (χ2n) is 3.28. The summed E-state index contributed by atoms with van der Waals surface area (Å²) in [7, 11) is 0. The Morgan fingerprint density at radius 1 is 1.35 bits per heavy atom. The standard InChI is InChI=1S/C11H7ClN2O3/c12-10-6(2-1-3-7(10)11(16)17)8-4-13-14-5-9(8)15/h1-5H,(H,13,15)(H,16,17). The molecule has 5 nitrogen and oxygen atoms in total. The zero-order chi connectivity index (χ0) is 12.4. The third-order valence-corrected chi connectivity index (χ3v) is 2.66. The van der Waals surface area contributed by atoms with Crippen molar-refractivity contribution in [2.75, 3.05) is 0 Å². The van der Waals surface area contributed by atoms with Gasteiger partial charge in [-0.05, 0) is 6.07 Å². The summed E-state index contributed by atoms with van der Waals surface area (Å²) in [6.45, 7) is 0. The molecule has 0 bridgehead atoms. The van der Waals surface area contributed by atoms with Gasteiger partial charge in [0.25, 0.3) is 0 Å². The summed E-state index contributed by atoms with van der Waals surface area (Å²) < 4.78 is 0. The molecule has 0 saturated carbocycles. The van der Waals surface area contributed by atoms with Crippen LogP contribution in [-0.4, -0.2) is 21.3 Å². The maximum Gasteiger partial charge on any atom is 0.337 e. The van der Waals surface area contributed by atoms with E-state index in [-0.39, 0.29) is 21.6 Å². The van der Waals surface area contributed by atoms with Crippen LogP contribution in [0.25, 0.3) is 11.1 Å². The molecule has 0 fully saturated rings. The van der Waals surface area contributed by atoms with Crippen molar-refractivity contribution in [1.82, 2.24) is 10.2 Å². The van der Waals surface area contributed by atoms with Gasteiger partial charge in [-0.3, -0.25) is 9.89 Å². The molecule has 0 atom stereocenters. The van der Waals surface area contributed by atoms with Crippen LogP contribution in [-0.2, 0) is 0 Å². The second-order valence-corrected chi connectivity index (χ2v) is 3.66. The van der Waals surface area contributed by atoms with E-state index in [9.17, 15) is 9.59 Å². The average Bonchev–Trinajstić information content (AvgIpc) is 2.30.